The second-order valence-corrected chi connectivity index (χ2v) is 6.69. The van der Waals surface area contributed by atoms with Crippen LogP contribution in [0.3, 0.4) is 0 Å². The Labute approximate surface area is 116 Å². The third-order valence-electron chi connectivity index (χ3n) is 3.38. The van der Waals surface area contributed by atoms with Gasteiger partial charge in [-0.25, -0.2) is 12.8 Å². The Balaban J connectivity index is 2.35. The molecule has 0 aromatic heterocycles. The molecule has 6 nitrogen and oxygen atoms in total. The molecule has 1 heterocycles. The smallest absolute Gasteiger partial charge is 0.245 e. The van der Waals surface area contributed by atoms with Crippen molar-refractivity contribution in [1.82, 2.24) is 4.31 Å². The van der Waals surface area contributed by atoms with E-state index in [1.807, 2.05) is 0 Å². The van der Waals surface area contributed by atoms with Crippen LogP contribution in [0.25, 0.3) is 0 Å². The van der Waals surface area contributed by atoms with Crippen LogP contribution in [-0.4, -0.2) is 31.7 Å². The molecule has 0 spiro atoms. The number of nitrogens with zero attached hydrogens (tertiary/aromatic N) is 1. The maximum atomic E-state index is 13.2. The third-order valence-corrected chi connectivity index (χ3v) is 5.30. The number of hydrogen-bond donors (Lipinski definition) is 2. The Morgan fingerprint density at radius 3 is 2.75 bits per heavy atom. The van der Waals surface area contributed by atoms with Crippen molar-refractivity contribution >= 4 is 21.6 Å². The third kappa shape index (κ3) is 2.75. The van der Waals surface area contributed by atoms with Crippen molar-refractivity contribution < 1.29 is 17.6 Å². The summed E-state index contributed by atoms with van der Waals surface area (Å²) >= 11 is 0. The summed E-state index contributed by atoms with van der Waals surface area (Å²) in [5, 5.41) is 0. The zero-order valence-electron chi connectivity index (χ0n) is 10.8. The van der Waals surface area contributed by atoms with E-state index >= 15 is 0 Å². The first kappa shape index (κ1) is 14.7. The van der Waals surface area contributed by atoms with Gasteiger partial charge in [-0.15, -0.1) is 0 Å². The van der Waals surface area contributed by atoms with Gasteiger partial charge in [-0.05, 0) is 31.0 Å². The number of nitrogen functional groups attached to an aromatic ring is 1. The first-order valence-corrected chi connectivity index (χ1v) is 7.61. The fraction of sp³-hybridized carbons (Fsp3) is 0.417. The molecule has 0 aliphatic carbocycles. The summed E-state index contributed by atoms with van der Waals surface area (Å²) in [6.07, 6.45) is 1.09. The number of nitrogens with two attached hydrogens (primary N) is 2. The van der Waals surface area contributed by atoms with Gasteiger partial charge in [-0.2, -0.15) is 4.31 Å². The number of anilines is 1. The van der Waals surface area contributed by atoms with Crippen LogP contribution in [0.2, 0.25) is 0 Å². The fourth-order valence-electron chi connectivity index (χ4n) is 2.26. The van der Waals surface area contributed by atoms with Gasteiger partial charge in [0.1, 0.15) is 10.7 Å². The van der Waals surface area contributed by atoms with Crippen LogP contribution in [0.1, 0.15) is 12.8 Å². The van der Waals surface area contributed by atoms with Crippen molar-refractivity contribution in [3.63, 3.8) is 0 Å². The highest BCUT2D eigenvalue weighted by Crippen LogP contribution is 2.27. The van der Waals surface area contributed by atoms with Crippen molar-refractivity contribution in [3.8, 4) is 0 Å². The molecular formula is C12H16FN3O3S. The van der Waals surface area contributed by atoms with E-state index in [4.69, 9.17) is 11.5 Å². The quantitative estimate of drug-likeness (QED) is 0.783. The molecule has 1 atom stereocenters. The fourth-order valence-corrected chi connectivity index (χ4v) is 3.91. The number of amides is 1. The molecule has 8 heteroatoms. The minimum Gasteiger partial charge on any atom is -0.398 e. The second-order valence-electron chi connectivity index (χ2n) is 4.79. The molecule has 0 bridgehead atoms. The molecule has 1 aliphatic rings. The standard InChI is InChI=1S/C12H16FN3O3S/c13-9-3-4-10(14)11(6-9)20(18,19)16-5-1-2-8(7-16)12(15)17/h3-4,6,8H,1-2,5,7,14H2,(H2,15,17). The molecule has 20 heavy (non-hydrogen) atoms. The minimum absolute atomic E-state index is 0.00756. The van der Waals surface area contributed by atoms with E-state index in [1.165, 1.54) is 6.07 Å². The molecule has 1 aromatic rings. The van der Waals surface area contributed by atoms with E-state index in [0.29, 0.717) is 12.8 Å². The Morgan fingerprint density at radius 1 is 1.40 bits per heavy atom. The lowest BCUT2D eigenvalue weighted by Crippen LogP contribution is -2.44. The average Bonchev–Trinajstić information content (AvgIpc) is 2.41. The minimum atomic E-state index is -3.92. The Hall–Kier alpha value is -1.67. The first-order chi connectivity index (χ1) is 9.32. The number of rotatable bonds is 3. The summed E-state index contributed by atoms with van der Waals surface area (Å²) in [6.45, 7) is 0.273. The second kappa shape index (κ2) is 5.37. The van der Waals surface area contributed by atoms with Crippen LogP contribution in [0, 0.1) is 11.7 Å². The molecule has 1 fully saturated rings. The van der Waals surface area contributed by atoms with Gasteiger partial charge in [0.25, 0.3) is 0 Å². The van der Waals surface area contributed by atoms with Crippen LogP contribution in [0.4, 0.5) is 10.1 Å². The lowest BCUT2D eigenvalue weighted by molar-refractivity contribution is -0.122. The van der Waals surface area contributed by atoms with Gasteiger partial charge in [0.15, 0.2) is 0 Å². The van der Waals surface area contributed by atoms with E-state index in [9.17, 15) is 17.6 Å². The summed E-state index contributed by atoms with van der Waals surface area (Å²) in [6, 6.07) is 3.19. The lowest BCUT2D eigenvalue weighted by atomic mass is 9.99. The summed E-state index contributed by atoms with van der Waals surface area (Å²) in [5.74, 6) is -1.73. The van der Waals surface area contributed by atoms with Gasteiger partial charge < -0.3 is 11.5 Å². The summed E-state index contributed by atoms with van der Waals surface area (Å²) in [4.78, 5) is 10.9. The Morgan fingerprint density at radius 2 is 2.10 bits per heavy atom. The predicted octanol–water partition coefficient (Wildman–Crippen LogP) is 0.294. The predicted molar refractivity (Wildman–Crippen MR) is 71.5 cm³/mol. The number of primary amides is 1. The van der Waals surface area contributed by atoms with Gasteiger partial charge in [0.05, 0.1) is 11.6 Å². The van der Waals surface area contributed by atoms with Crippen LogP contribution < -0.4 is 11.5 Å². The van der Waals surface area contributed by atoms with Crippen LogP contribution in [0.5, 0.6) is 0 Å². The highest BCUT2D eigenvalue weighted by atomic mass is 32.2. The molecule has 0 radical (unpaired) electrons. The van der Waals surface area contributed by atoms with Gasteiger partial charge >= 0.3 is 0 Å². The number of benzene rings is 1. The molecule has 1 aromatic carbocycles. The Kier molecular flexibility index (Phi) is 3.96. The van der Waals surface area contributed by atoms with Crippen molar-refractivity contribution in [2.75, 3.05) is 18.8 Å². The SMILES string of the molecule is NC(=O)C1CCCN(S(=O)(=O)c2cc(F)ccc2N)C1. The van der Waals surface area contributed by atoms with E-state index in [-0.39, 0.29) is 23.7 Å². The lowest BCUT2D eigenvalue weighted by Gasteiger charge is -2.30. The maximum absolute atomic E-state index is 13.2. The highest BCUT2D eigenvalue weighted by Gasteiger charge is 2.33. The van der Waals surface area contributed by atoms with Crippen molar-refractivity contribution in [2.24, 2.45) is 11.7 Å². The molecule has 4 N–H and O–H groups in total. The Bertz CT molecular complexity index is 633. The number of sulfonamides is 1. The van der Waals surface area contributed by atoms with Crippen LogP contribution >= 0.6 is 0 Å². The van der Waals surface area contributed by atoms with Crippen molar-refractivity contribution in [3.05, 3.63) is 24.0 Å². The number of piperidine rings is 1. The molecule has 1 saturated heterocycles. The maximum Gasteiger partial charge on any atom is 0.245 e. The molecule has 0 saturated carbocycles. The van der Waals surface area contributed by atoms with E-state index < -0.39 is 27.7 Å². The topological polar surface area (TPSA) is 106 Å². The summed E-state index contributed by atoms with van der Waals surface area (Å²) < 4.78 is 39.3. The zero-order valence-corrected chi connectivity index (χ0v) is 11.6. The number of halogens is 1. The molecule has 1 unspecified atom stereocenters. The molecule has 110 valence electrons. The zero-order chi connectivity index (χ0) is 14.9. The summed E-state index contributed by atoms with van der Waals surface area (Å²) in [5.41, 5.74) is 10.8. The van der Waals surface area contributed by atoms with E-state index in [2.05, 4.69) is 0 Å². The normalized spacial score (nSPS) is 20.8. The van der Waals surface area contributed by atoms with Crippen LogP contribution in [-0.2, 0) is 14.8 Å². The van der Waals surface area contributed by atoms with Gasteiger partial charge in [0.2, 0.25) is 15.9 Å². The average molecular weight is 301 g/mol. The van der Waals surface area contributed by atoms with Gasteiger partial charge in [0, 0.05) is 13.1 Å². The van der Waals surface area contributed by atoms with Gasteiger partial charge in [-0.1, -0.05) is 0 Å². The monoisotopic (exact) mass is 301 g/mol. The number of carbonyl (C=O) groups is 1. The number of carbonyl (C=O) groups excluding carboxylic acids is 1. The van der Waals surface area contributed by atoms with Crippen molar-refractivity contribution in [1.29, 1.82) is 0 Å². The molecule has 1 aliphatic heterocycles. The van der Waals surface area contributed by atoms with Gasteiger partial charge in [-0.3, -0.25) is 4.79 Å². The molecular weight excluding hydrogens is 285 g/mol. The molecule has 2 rings (SSSR count). The number of hydrogen-bond acceptors (Lipinski definition) is 4. The van der Waals surface area contributed by atoms with E-state index in [0.717, 1.165) is 16.4 Å². The van der Waals surface area contributed by atoms with E-state index in [1.54, 1.807) is 0 Å². The first-order valence-electron chi connectivity index (χ1n) is 6.17. The highest BCUT2D eigenvalue weighted by molar-refractivity contribution is 7.89. The van der Waals surface area contributed by atoms with Crippen LogP contribution in [0.15, 0.2) is 23.1 Å². The largest absolute Gasteiger partial charge is 0.398 e. The van der Waals surface area contributed by atoms with Crippen molar-refractivity contribution in [2.45, 2.75) is 17.7 Å². The molecule has 1 amide bonds. The summed E-state index contributed by atoms with van der Waals surface area (Å²) in [7, 11) is -3.92.